The number of esters is 1. The lowest BCUT2D eigenvalue weighted by molar-refractivity contribution is -0.870. The van der Waals surface area contributed by atoms with Crippen molar-refractivity contribution in [2.45, 2.75) is 347 Å². The van der Waals surface area contributed by atoms with Crippen LogP contribution >= 0.6 is 7.82 Å². The Morgan fingerprint density at radius 2 is 0.639 bits per heavy atom. The van der Waals surface area contributed by atoms with Gasteiger partial charge in [-0.2, -0.15) is 0 Å². The second-order valence-corrected chi connectivity index (χ2v) is 24.9. The Balaban J connectivity index is 3.88. The molecule has 0 rings (SSSR count). The van der Waals surface area contributed by atoms with E-state index in [0.29, 0.717) is 24.1 Å². The molecule has 0 bridgehead atoms. The normalized spacial score (nSPS) is 13.2. The predicted molar refractivity (Wildman–Crippen MR) is 310 cm³/mol. The van der Waals surface area contributed by atoms with Crippen LogP contribution in [0.5, 0.6) is 0 Å². The molecule has 0 aliphatic carbocycles. The number of phosphoric ester groups is 1. The quantitative estimate of drug-likeness (QED) is 0.0259. The van der Waals surface area contributed by atoms with Gasteiger partial charge in [0.05, 0.1) is 34.4 Å². The van der Waals surface area contributed by atoms with Gasteiger partial charge in [-0.3, -0.25) is 9.36 Å². The van der Waals surface area contributed by atoms with E-state index in [1.807, 2.05) is 21.1 Å². The number of rotatable bonds is 62. The van der Waals surface area contributed by atoms with Gasteiger partial charge in [0.1, 0.15) is 19.3 Å². The van der Waals surface area contributed by atoms with Gasteiger partial charge < -0.3 is 27.9 Å². The van der Waals surface area contributed by atoms with Crippen LogP contribution in [-0.2, 0) is 27.9 Å². The van der Waals surface area contributed by atoms with Gasteiger partial charge in [-0.25, -0.2) is 0 Å². The van der Waals surface area contributed by atoms with Crippen molar-refractivity contribution in [3.05, 3.63) is 0 Å². The highest BCUT2D eigenvalue weighted by molar-refractivity contribution is 7.45. The molecule has 1 unspecified atom stereocenters. The van der Waals surface area contributed by atoms with E-state index in [2.05, 4.69) is 13.8 Å². The maximum absolute atomic E-state index is 12.8. The minimum Gasteiger partial charge on any atom is -0.756 e. The second-order valence-electron chi connectivity index (χ2n) is 23.5. The van der Waals surface area contributed by atoms with Crippen molar-refractivity contribution in [3.63, 3.8) is 0 Å². The molecule has 0 fully saturated rings. The van der Waals surface area contributed by atoms with Crippen molar-refractivity contribution in [1.29, 1.82) is 0 Å². The minimum atomic E-state index is -4.53. The van der Waals surface area contributed by atoms with Gasteiger partial charge in [0.2, 0.25) is 0 Å². The molecule has 0 spiro atoms. The Bertz CT molecular complexity index is 1120. The molecule has 0 N–H and O–H groups in total. The summed E-state index contributed by atoms with van der Waals surface area (Å²) in [6.45, 7) is 5.52. The molecule has 0 saturated carbocycles. The van der Waals surface area contributed by atoms with E-state index in [9.17, 15) is 14.3 Å². The molecule has 9 heteroatoms. The number of nitrogens with zero attached hydrogens (tertiary/aromatic N) is 1. The van der Waals surface area contributed by atoms with Crippen molar-refractivity contribution >= 4 is 13.8 Å². The Hall–Kier alpha value is -0.500. The van der Waals surface area contributed by atoms with Crippen LogP contribution in [0.1, 0.15) is 341 Å². The van der Waals surface area contributed by atoms with Crippen molar-refractivity contribution in [2.75, 3.05) is 54.1 Å². The van der Waals surface area contributed by atoms with Crippen LogP contribution in [0.4, 0.5) is 0 Å². The molecule has 8 nitrogen and oxygen atoms in total. The molecule has 0 aliphatic heterocycles. The highest BCUT2D eigenvalue weighted by atomic mass is 31.2. The van der Waals surface area contributed by atoms with Gasteiger partial charge in [-0.1, -0.05) is 322 Å². The van der Waals surface area contributed by atoms with Gasteiger partial charge in [-0.15, -0.1) is 0 Å². The molecular formula is C63H128NO7P. The van der Waals surface area contributed by atoms with E-state index in [-0.39, 0.29) is 25.8 Å². The molecule has 72 heavy (non-hydrogen) atoms. The summed E-state index contributed by atoms with van der Waals surface area (Å²) >= 11 is 0. The molecule has 0 aromatic rings. The van der Waals surface area contributed by atoms with Crippen LogP contribution < -0.4 is 4.89 Å². The van der Waals surface area contributed by atoms with Crippen molar-refractivity contribution < 1.29 is 37.3 Å². The fourth-order valence-corrected chi connectivity index (χ4v) is 10.7. The summed E-state index contributed by atoms with van der Waals surface area (Å²) < 4.78 is 34.9. The number of unbranched alkanes of at least 4 members (excludes halogenated alkanes) is 48. The monoisotopic (exact) mass is 1040 g/mol. The maximum Gasteiger partial charge on any atom is 0.306 e. The molecule has 2 atom stereocenters. The average Bonchev–Trinajstić information content (AvgIpc) is 3.34. The van der Waals surface area contributed by atoms with Gasteiger partial charge in [0.25, 0.3) is 7.82 Å². The van der Waals surface area contributed by atoms with E-state index < -0.39 is 13.9 Å². The SMILES string of the molecule is CCCCCCCCCCCCCCCCCCCCCCCCCCCCCCCCCCC(=O)O[C@H](COCCCCCCCCCCCCCCCCCCCC)COP(=O)([O-])OCC[N+](C)(C)C. The number of ether oxygens (including phenoxy) is 2. The Labute approximate surface area is 450 Å². The van der Waals surface area contributed by atoms with E-state index in [4.69, 9.17) is 18.5 Å². The molecule has 0 radical (unpaired) electrons. The number of carbonyl (C=O) groups excluding carboxylic acids is 1. The Kier molecular flexibility index (Phi) is 56.3. The molecule has 0 heterocycles. The summed E-state index contributed by atoms with van der Waals surface area (Å²) in [6.07, 6.45) is 67.5. The highest BCUT2D eigenvalue weighted by Crippen LogP contribution is 2.38. The standard InChI is InChI=1S/C63H128NO7P/c1-6-8-10-12-14-16-18-20-22-24-26-27-28-29-30-31-32-33-34-35-36-37-38-39-40-42-44-46-48-50-52-54-56-63(65)71-62(61-70-72(66,67)69-59-57-64(3,4)5)60-68-58-55-53-51-49-47-45-43-41-25-23-21-19-17-15-13-11-9-7-2/h62H,6-61H2,1-5H3/t62-/m1/s1. The third-order valence-electron chi connectivity index (χ3n) is 14.9. The number of hydrogen-bond acceptors (Lipinski definition) is 7. The summed E-state index contributed by atoms with van der Waals surface area (Å²) in [7, 11) is 1.39. The number of hydrogen-bond donors (Lipinski definition) is 0. The van der Waals surface area contributed by atoms with E-state index in [1.54, 1.807) is 0 Å². The fraction of sp³-hybridized carbons (Fsp3) is 0.984. The highest BCUT2D eigenvalue weighted by Gasteiger charge is 2.20. The second kappa shape index (κ2) is 56.7. The van der Waals surface area contributed by atoms with Crippen LogP contribution in [0.25, 0.3) is 0 Å². The zero-order valence-corrected chi connectivity index (χ0v) is 50.3. The van der Waals surface area contributed by atoms with Gasteiger partial charge >= 0.3 is 5.97 Å². The zero-order chi connectivity index (χ0) is 52.6. The van der Waals surface area contributed by atoms with Crippen LogP contribution in [0.3, 0.4) is 0 Å². The van der Waals surface area contributed by atoms with Gasteiger partial charge in [0.15, 0.2) is 0 Å². The molecule has 0 aromatic carbocycles. The molecule has 0 amide bonds. The smallest absolute Gasteiger partial charge is 0.306 e. The molecule has 0 aliphatic rings. The van der Waals surface area contributed by atoms with E-state index in [0.717, 1.165) is 32.1 Å². The Morgan fingerprint density at radius 1 is 0.375 bits per heavy atom. The summed E-state index contributed by atoms with van der Waals surface area (Å²) in [5.41, 5.74) is 0. The van der Waals surface area contributed by atoms with Crippen molar-refractivity contribution in [1.82, 2.24) is 0 Å². The first-order valence-corrected chi connectivity index (χ1v) is 33.7. The van der Waals surface area contributed by atoms with Crippen LogP contribution in [0, 0.1) is 0 Å². The largest absolute Gasteiger partial charge is 0.756 e. The topological polar surface area (TPSA) is 94.1 Å². The summed E-state index contributed by atoms with van der Waals surface area (Å²) in [4.78, 5) is 25.3. The number of likely N-dealkylation sites (N-methyl/N-ethyl adjacent to an activating group) is 1. The maximum atomic E-state index is 12.8. The molecule has 0 saturated heterocycles. The van der Waals surface area contributed by atoms with E-state index in [1.165, 1.54) is 289 Å². The number of quaternary nitrogens is 1. The predicted octanol–water partition coefficient (Wildman–Crippen LogP) is 20.1. The van der Waals surface area contributed by atoms with Crippen LogP contribution in [-0.4, -0.2) is 70.7 Å². The van der Waals surface area contributed by atoms with Gasteiger partial charge in [0, 0.05) is 13.0 Å². The Morgan fingerprint density at radius 3 is 0.917 bits per heavy atom. The third-order valence-corrected chi connectivity index (χ3v) is 15.9. The zero-order valence-electron chi connectivity index (χ0n) is 49.4. The van der Waals surface area contributed by atoms with Crippen LogP contribution in [0.2, 0.25) is 0 Å². The lowest BCUT2D eigenvalue weighted by atomic mass is 10.0. The van der Waals surface area contributed by atoms with Crippen molar-refractivity contribution in [3.8, 4) is 0 Å². The molecular weight excluding hydrogens is 914 g/mol. The van der Waals surface area contributed by atoms with Gasteiger partial charge in [-0.05, 0) is 12.8 Å². The molecule has 432 valence electrons. The van der Waals surface area contributed by atoms with Crippen LogP contribution in [0.15, 0.2) is 0 Å². The lowest BCUT2D eigenvalue weighted by Crippen LogP contribution is -2.37. The lowest BCUT2D eigenvalue weighted by Gasteiger charge is -2.28. The average molecular weight is 1040 g/mol. The summed E-state index contributed by atoms with van der Waals surface area (Å²) in [5.74, 6) is -0.322. The number of phosphoric acid groups is 1. The fourth-order valence-electron chi connectivity index (χ4n) is 9.97. The molecule has 0 aromatic heterocycles. The third kappa shape index (κ3) is 60.4. The van der Waals surface area contributed by atoms with Crippen molar-refractivity contribution in [2.24, 2.45) is 0 Å². The summed E-state index contributed by atoms with van der Waals surface area (Å²) in [5, 5.41) is 0. The summed E-state index contributed by atoms with van der Waals surface area (Å²) in [6, 6.07) is 0. The minimum absolute atomic E-state index is 0.0320. The first kappa shape index (κ1) is 71.5. The number of carbonyl (C=O) groups is 1. The first-order valence-electron chi connectivity index (χ1n) is 32.3. The van der Waals surface area contributed by atoms with E-state index >= 15 is 0 Å². The first-order chi connectivity index (χ1) is 35.1.